The van der Waals surface area contributed by atoms with Gasteiger partial charge < -0.3 is 15.1 Å². The molecule has 1 aromatic rings. The molecule has 0 aliphatic carbocycles. The number of hydrogen-bond donors (Lipinski definition) is 1. The van der Waals surface area contributed by atoms with Gasteiger partial charge in [-0.2, -0.15) is 18.3 Å². The van der Waals surface area contributed by atoms with Crippen LogP contribution in [0.25, 0.3) is 0 Å². The van der Waals surface area contributed by atoms with Crippen LogP contribution in [0.15, 0.2) is 6.07 Å². The average molecular weight is 375 g/mol. The van der Waals surface area contributed by atoms with Gasteiger partial charge >= 0.3 is 6.18 Å². The molecule has 0 spiro atoms. The topological polar surface area (TPSA) is 87.5 Å². The van der Waals surface area contributed by atoms with E-state index < -0.39 is 29.7 Å². The van der Waals surface area contributed by atoms with Crippen LogP contribution < -0.4 is 5.32 Å². The van der Waals surface area contributed by atoms with E-state index in [4.69, 9.17) is 0 Å². The molecule has 1 fully saturated rings. The van der Waals surface area contributed by atoms with E-state index in [1.165, 1.54) is 30.7 Å². The number of alkyl halides is 3. The summed E-state index contributed by atoms with van der Waals surface area (Å²) in [5.41, 5.74) is -0.858. The fraction of sp³-hybridized carbons (Fsp3) is 0.600. The van der Waals surface area contributed by atoms with Crippen molar-refractivity contribution in [1.82, 2.24) is 24.9 Å². The van der Waals surface area contributed by atoms with Crippen molar-refractivity contribution in [2.45, 2.75) is 32.6 Å². The minimum Gasteiger partial charge on any atom is -0.357 e. The third-order valence-corrected chi connectivity index (χ3v) is 4.24. The second-order valence-corrected chi connectivity index (χ2v) is 6.01. The fourth-order valence-corrected chi connectivity index (χ4v) is 2.81. The molecular formula is C15H20F3N5O3. The predicted molar refractivity (Wildman–Crippen MR) is 83.8 cm³/mol. The Bertz CT molecular complexity index is 716. The first kappa shape index (κ1) is 19.7. The highest BCUT2D eigenvalue weighted by Gasteiger charge is 2.37. The number of aromatic nitrogens is 2. The molecular weight excluding hydrogens is 355 g/mol. The minimum absolute atomic E-state index is 0.0233. The summed E-state index contributed by atoms with van der Waals surface area (Å²) in [5, 5.41) is 5.87. The Morgan fingerprint density at radius 3 is 2.46 bits per heavy atom. The summed E-state index contributed by atoms with van der Waals surface area (Å²) in [5.74, 6) is -1.17. The van der Waals surface area contributed by atoms with Crippen LogP contribution in [0.3, 0.4) is 0 Å². The Labute approximate surface area is 147 Å². The van der Waals surface area contributed by atoms with E-state index in [0.29, 0.717) is 0 Å². The van der Waals surface area contributed by atoms with E-state index >= 15 is 0 Å². The van der Waals surface area contributed by atoms with Crippen LogP contribution >= 0.6 is 0 Å². The van der Waals surface area contributed by atoms with Gasteiger partial charge in [0.05, 0.1) is 6.54 Å². The number of hydrogen-bond acceptors (Lipinski definition) is 4. The molecule has 0 radical (unpaired) electrons. The summed E-state index contributed by atoms with van der Waals surface area (Å²) in [6.07, 6.45) is -4.59. The van der Waals surface area contributed by atoms with Gasteiger partial charge in [-0.05, 0) is 13.0 Å². The fourth-order valence-electron chi connectivity index (χ4n) is 2.81. The number of carbonyl (C=O) groups excluding carboxylic acids is 3. The molecule has 0 unspecified atom stereocenters. The lowest BCUT2D eigenvalue weighted by atomic mass is 10.1. The lowest BCUT2D eigenvalue weighted by molar-refractivity contribution is -0.147. The van der Waals surface area contributed by atoms with Crippen LogP contribution in [0.5, 0.6) is 0 Å². The van der Waals surface area contributed by atoms with Crippen LogP contribution in [-0.4, -0.2) is 70.0 Å². The molecule has 26 heavy (non-hydrogen) atoms. The average Bonchev–Trinajstić information content (AvgIpc) is 2.94. The zero-order chi connectivity index (χ0) is 19.6. The first-order valence-electron chi connectivity index (χ1n) is 7.92. The van der Waals surface area contributed by atoms with E-state index in [-0.39, 0.29) is 37.8 Å². The molecule has 1 aliphatic heterocycles. The Morgan fingerprint density at radius 2 is 1.96 bits per heavy atom. The van der Waals surface area contributed by atoms with E-state index in [1.807, 2.05) is 0 Å². The highest BCUT2D eigenvalue weighted by Crippen LogP contribution is 2.28. The first-order chi connectivity index (χ1) is 12.0. The van der Waals surface area contributed by atoms with Crippen LogP contribution in [0, 0.1) is 6.92 Å². The van der Waals surface area contributed by atoms with Gasteiger partial charge in [0.2, 0.25) is 17.7 Å². The SMILES string of the molecule is CNC(=O)[C@H]1CN(C(=O)Cn2nc(C(F)(F)F)cc2C)CCN1C(C)=O. The number of piperazine rings is 1. The Morgan fingerprint density at radius 1 is 1.31 bits per heavy atom. The highest BCUT2D eigenvalue weighted by atomic mass is 19.4. The number of amides is 3. The summed E-state index contributed by atoms with van der Waals surface area (Å²) in [6, 6.07) is 0.0357. The molecule has 1 saturated heterocycles. The van der Waals surface area contributed by atoms with E-state index in [1.54, 1.807) is 0 Å². The van der Waals surface area contributed by atoms with E-state index in [2.05, 4.69) is 10.4 Å². The van der Waals surface area contributed by atoms with E-state index in [9.17, 15) is 27.6 Å². The Balaban J connectivity index is 2.12. The minimum atomic E-state index is -4.59. The monoisotopic (exact) mass is 375 g/mol. The van der Waals surface area contributed by atoms with Crippen molar-refractivity contribution in [2.75, 3.05) is 26.7 Å². The lowest BCUT2D eigenvalue weighted by Crippen LogP contribution is -2.61. The van der Waals surface area contributed by atoms with Gasteiger partial charge in [-0.15, -0.1) is 0 Å². The third-order valence-electron chi connectivity index (χ3n) is 4.24. The van der Waals surface area contributed by atoms with Gasteiger partial charge in [0.15, 0.2) is 5.69 Å². The number of nitrogens with zero attached hydrogens (tertiary/aromatic N) is 4. The zero-order valence-electron chi connectivity index (χ0n) is 14.6. The van der Waals surface area contributed by atoms with Gasteiger partial charge in [0, 0.05) is 32.8 Å². The van der Waals surface area contributed by atoms with Gasteiger partial charge in [0.25, 0.3) is 0 Å². The van der Waals surface area contributed by atoms with Crippen molar-refractivity contribution >= 4 is 17.7 Å². The Hall–Kier alpha value is -2.59. The largest absolute Gasteiger partial charge is 0.435 e. The normalized spacial score (nSPS) is 18.0. The molecule has 11 heteroatoms. The number of rotatable bonds is 3. The number of aryl methyl sites for hydroxylation is 1. The molecule has 0 bridgehead atoms. The molecule has 1 atom stereocenters. The third kappa shape index (κ3) is 4.14. The summed E-state index contributed by atoms with van der Waals surface area (Å²) < 4.78 is 39.1. The van der Waals surface area contributed by atoms with Crippen LogP contribution in [0.2, 0.25) is 0 Å². The van der Waals surface area contributed by atoms with Gasteiger partial charge in [-0.1, -0.05) is 0 Å². The van der Waals surface area contributed by atoms with Crippen molar-refractivity contribution in [2.24, 2.45) is 0 Å². The molecule has 0 aromatic carbocycles. The van der Waals surface area contributed by atoms with Crippen molar-refractivity contribution in [1.29, 1.82) is 0 Å². The maximum Gasteiger partial charge on any atom is 0.435 e. The molecule has 1 N–H and O–H groups in total. The molecule has 2 heterocycles. The lowest BCUT2D eigenvalue weighted by Gasteiger charge is -2.40. The summed E-state index contributed by atoms with van der Waals surface area (Å²) >= 11 is 0. The van der Waals surface area contributed by atoms with Gasteiger partial charge in [0.1, 0.15) is 12.6 Å². The zero-order valence-corrected chi connectivity index (χ0v) is 14.6. The van der Waals surface area contributed by atoms with Crippen LogP contribution in [-0.2, 0) is 27.1 Å². The van der Waals surface area contributed by atoms with E-state index in [0.717, 1.165) is 10.7 Å². The highest BCUT2D eigenvalue weighted by molar-refractivity contribution is 5.88. The molecule has 1 aliphatic rings. The first-order valence-corrected chi connectivity index (χ1v) is 7.92. The number of likely N-dealkylation sites (N-methyl/N-ethyl adjacent to an activating group) is 1. The Kier molecular flexibility index (Phi) is 5.57. The van der Waals surface area contributed by atoms with Crippen molar-refractivity contribution in [3.63, 3.8) is 0 Å². The van der Waals surface area contributed by atoms with Crippen LogP contribution in [0.1, 0.15) is 18.3 Å². The molecule has 0 saturated carbocycles. The molecule has 3 amide bonds. The van der Waals surface area contributed by atoms with Crippen molar-refractivity contribution < 1.29 is 27.6 Å². The molecule has 8 nitrogen and oxygen atoms in total. The summed E-state index contributed by atoms with van der Waals surface area (Å²) in [6.45, 7) is 2.73. The second kappa shape index (κ2) is 7.34. The predicted octanol–water partition coefficient (Wildman–Crippen LogP) is 0.0156. The van der Waals surface area contributed by atoms with Gasteiger partial charge in [-0.25, -0.2) is 0 Å². The smallest absolute Gasteiger partial charge is 0.357 e. The molecule has 1 aromatic heterocycles. The summed E-state index contributed by atoms with van der Waals surface area (Å²) in [4.78, 5) is 38.8. The standard InChI is InChI=1S/C15H20F3N5O3/c1-9-6-12(15(16,17)18)20-23(9)8-13(25)21-4-5-22(10(2)24)11(7-21)14(26)19-3/h6,11H,4-5,7-8H2,1-3H3,(H,19,26)/t11-/m1/s1. The molecule has 144 valence electrons. The molecule has 2 rings (SSSR count). The quantitative estimate of drug-likeness (QED) is 0.807. The van der Waals surface area contributed by atoms with Crippen LogP contribution in [0.4, 0.5) is 13.2 Å². The second-order valence-electron chi connectivity index (χ2n) is 6.01. The maximum absolute atomic E-state index is 12.7. The maximum atomic E-state index is 12.7. The van der Waals surface area contributed by atoms with Gasteiger partial charge in [-0.3, -0.25) is 19.1 Å². The number of halogens is 3. The van der Waals surface area contributed by atoms with Crippen molar-refractivity contribution in [3.8, 4) is 0 Å². The summed E-state index contributed by atoms with van der Waals surface area (Å²) in [7, 11) is 1.42. The number of nitrogens with one attached hydrogen (secondary N) is 1. The van der Waals surface area contributed by atoms with Crippen molar-refractivity contribution in [3.05, 3.63) is 17.5 Å². The number of carbonyl (C=O) groups is 3.